The molecule has 1 aliphatic carbocycles. The molecule has 0 aliphatic heterocycles. The van der Waals surface area contributed by atoms with Gasteiger partial charge in [-0.25, -0.2) is 4.39 Å². The SMILES string of the molecule is COc1ccc(C2(N)CCC(O)CC2)c(F)c1. The van der Waals surface area contributed by atoms with E-state index in [1.165, 1.54) is 13.2 Å². The first kappa shape index (κ1) is 12.3. The lowest BCUT2D eigenvalue weighted by Crippen LogP contribution is -2.42. The minimum atomic E-state index is -0.657. The van der Waals surface area contributed by atoms with Crippen molar-refractivity contribution < 1.29 is 14.2 Å². The van der Waals surface area contributed by atoms with Gasteiger partial charge in [0.2, 0.25) is 0 Å². The second kappa shape index (κ2) is 4.63. The van der Waals surface area contributed by atoms with Gasteiger partial charge < -0.3 is 15.6 Å². The lowest BCUT2D eigenvalue weighted by molar-refractivity contribution is 0.0957. The Morgan fingerprint density at radius 1 is 1.41 bits per heavy atom. The summed E-state index contributed by atoms with van der Waals surface area (Å²) in [6, 6.07) is 4.76. The molecule has 2 rings (SSSR count). The predicted molar refractivity (Wildman–Crippen MR) is 63.3 cm³/mol. The van der Waals surface area contributed by atoms with E-state index in [2.05, 4.69) is 0 Å². The van der Waals surface area contributed by atoms with Crippen LogP contribution < -0.4 is 10.5 Å². The van der Waals surface area contributed by atoms with Gasteiger partial charge in [-0.2, -0.15) is 0 Å². The van der Waals surface area contributed by atoms with Crippen molar-refractivity contribution in [1.82, 2.24) is 0 Å². The van der Waals surface area contributed by atoms with Crippen LogP contribution in [0.25, 0.3) is 0 Å². The summed E-state index contributed by atoms with van der Waals surface area (Å²) in [4.78, 5) is 0. The van der Waals surface area contributed by atoms with E-state index in [-0.39, 0.29) is 11.9 Å². The number of nitrogens with two attached hydrogens (primary N) is 1. The maximum atomic E-state index is 13.9. The molecule has 0 saturated heterocycles. The van der Waals surface area contributed by atoms with Crippen LogP contribution in [0.15, 0.2) is 18.2 Å². The van der Waals surface area contributed by atoms with E-state index in [1.807, 2.05) is 0 Å². The van der Waals surface area contributed by atoms with Crippen molar-refractivity contribution in [3.8, 4) is 5.75 Å². The first-order chi connectivity index (χ1) is 8.05. The van der Waals surface area contributed by atoms with Crippen molar-refractivity contribution in [2.24, 2.45) is 5.73 Å². The normalized spacial score (nSPS) is 29.1. The summed E-state index contributed by atoms with van der Waals surface area (Å²) in [7, 11) is 1.50. The summed E-state index contributed by atoms with van der Waals surface area (Å²) < 4.78 is 18.9. The Bertz CT molecular complexity index is 400. The van der Waals surface area contributed by atoms with Crippen LogP contribution in [0.2, 0.25) is 0 Å². The number of methoxy groups -OCH3 is 1. The summed E-state index contributed by atoms with van der Waals surface area (Å²) in [5.41, 5.74) is 6.10. The van der Waals surface area contributed by atoms with Crippen LogP contribution in [0, 0.1) is 5.82 Å². The molecule has 0 heterocycles. The Hall–Kier alpha value is -1.13. The smallest absolute Gasteiger partial charge is 0.131 e. The first-order valence-electron chi connectivity index (χ1n) is 5.86. The van der Waals surface area contributed by atoms with E-state index >= 15 is 0 Å². The number of halogens is 1. The van der Waals surface area contributed by atoms with E-state index in [1.54, 1.807) is 12.1 Å². The number of aliphatic hydroxyl groups excluding tert-OH is 1. The molecule has 1 aromatic carbocycles. The number of hydrogen-bond acceptors (Lipinski definition) is 3. The maximum absolute atomic E-state index is 13.9. The van der Waals surface area contributed by atoms with Gasteiger partial charge in [0.15, 0.2) is 0 Å². The largest absolute Gasteiger partial charge is 0.497 e. The summed E-state index contributed by atoms with van der Waals surface area (Å²) in [5.74, 6) is 0.161. The van der Waals surface area contributed by atoms with Gasteiger partial charge in [0, 0.05) is 17.2 Å². The van der Waals surface area contributed by atoms with Crippen LogP contribution in [-0.4, -0.2) is 18.3 Å². The summed E-state index contributed by atoms with van der Waals surface area (Å²) in [6.45, 7) is 0. The summed E-state index contributed by atoms with van der Waals surface area (Å²) in [5, 5.41) is 9.47. The molecule has 3 nitrogen and oxygen atoms in total. The molecule has 0 unspecified atom stereocenters. The van der Waals surface area contributed by atoms with Gasteiger partial charge in [0.25, 0.3) is 0 Å². The van der Waals surface area contributed by atoms with Crippen LogP contribution >= 0.6 is 0 Å². The lowest BCUT2D eigenvalue weighted by Gasteiger charge is -2.36. The van der Waals surface area contributed by atoms with Crippen molar-refractivity contribution in [3.63, 3.8) is 0 Å². The molecule has 0 bridgehead atoms. The van der Waals surface area contributed by atoms with Crippen molar-refractivity contribution >= 4 is 0 Å². The molecule has 94 valence electrons. The second-order valence-corrected chi connectivity index (χ2v) is 4.73. The molecule has 1 saturated carbocycles. The number of hydrogen-bond donors (Lipinski definition) is 2. The molecular weight excluding hydrogens is 221 g/mol. The monoisotopic (exact) mass is 239 g/mol. The van der Waals surface area contributed by atoms with E-state index in [9.17, 15) is 9.50 Å². The van der Waals surface area contributed by atoms with Crippen molar-refractivity contribution in [1.29, 1.82) is 0 Å². The Balaban J connectivity index is 2.27. The van der Waals surface area contributed by atoms with Crippen LogP contribution in [-0.2, 0) is 5.54 Å². The third kappa shape index (κ3) is 2.42. The highest BCUT2D eigenvalue weighted by molar-refractivity contribution is 5.33. The summed E-state index contributed by atoms with van der Waals surface area (Å²) in [6.07, 6.45) is 2.17. The quantitative estimate of drug-likeness (QED) is 0.829. The number of aliphatic hydroxyl groups is 1. The number of rotatable bonds is 2. The van der Waals surface area contributed by atoms with Crippen LogP contribution in [0.5, 0.6) is 5.75 Å². The molecule has 0 radical (unpaired) electrons. The molecule has 1 fully saturated rings. The third-order valence-electron chi connectivity index (χ3n) is 3.56. The van der Waals surface area contributed by atoms with Gasteiger partial charge in [-0.15, -0.1) is 0 Å². The van der Waals surface area contributed by atoms with E-state index in [0.717, 1.165) is 0 Å². The lowest BCUT2D eigenvalue weighted by atomic mass is 9.76. The Labute approximate surface area is 100 Å². The highest BCUT2D eigenvalue weighted by atomic mass is 19.1. The average Bonchev–Trinajstić information content (AvgIpc) is 2.33. The fourth-order valence-corrected chi connectivity index (χ4v) is 2.41. The molecule has 1 aliphatic rings. The fourth-order valence-electron chi connectivity index (χ4n) is 2.41. The standard InChI is InChI=1S/C13H18FNO2/c1-17-10-2-3-11(12(14)8-10)13(15)6-4-9(16)5-7-13/h2-3,8-9,16H,4-7,15H2,1H3. The Morgan fingerprint density at radius 3 is 2.59 bits per heavy atom. The maximum Gasteiger partial charge on any atom is 0.131 e. The van der Waals surface area contributed by atoms with Crippen LogP contribution in [0.4, 0.5) is 4.39 Å². The topological polar surface area (TPSA) is 55.5 Å². The first-order valence-corrected chi connectivity index (χ1v) is 5.86. The average molecular weight is 239 g/mol. The molecule has 0 atom stereocenters. The Kier molecular flexibility index (Phi) is 3.35. The highest BCUT2D eigenvalue weighted by Gasteiger charge is 2.34. The van der Waals surface area contributed by atoms with Gasteiger partial charge in [-0.1, -0.05) is 6.07 Å². The zero-order chi connectivity index (χ0) is 12.5. The fraction of sp³-hybridized carbons (Fsp3) is 0.538. The molecule has 4 heteroatoms. The molecule has 1 aromatic rings. The van der Waals surface area contributed by atoms with E-state index in [0.29, 0.717) is 37.0 Å². The van der Waals surface area contributed by atoms with Gasteiger partial charge in [0.1, 0.15) is 11.6 Å². The van der Waals surface area contributed by atoms with E-state index in [4.69, 9.17) is 10.5 Å². The summed E-state index contributed by atoms with van der Waals surface area (Å²) >= 11 is 0. The molecule has 3 N–H and O–H groups in total. The van der Waals surface area contributed by atoms with Crippen molar-refractivity contribution in [2.75, 3.05) is 7.11 Å². The Morgan fingerprint density at radius 2 is 2.06 bits per heavy atom. The van der Waals surface area contributed by atoms with Gasteiger partial charge in [-0.05, 0) is 31.7 Å². The highest BCUT2D eigenvalue weighted by Crippen LogP contribution is 2.36. The molecule has 0 spiro atoms. The molecule has 0 amide bonds. The molecule has 17 heavy (non-hydrogen) atoms. The zero-order valence-electron chi connectivity index (χ0n) is 9.95. The van der Waals surface area contributed by atoms with E-state index < -0.39 is 5.54 Å². The number of ether oxygens (including phenoxy) is 1. The zero-order valence-corrected chi connectivity index (χ0v) is 9.95. The van der Waals surface area contributed by atoms with Crippen LogP contribution in [0.3, 0.4) is 0 Å². The third-order valence-corrected chi connectivity index (χ3v) is 3.56. The predicted octanol–water partition coefficient (Wildman–Crippen LogP) is 1.92. The molecule has 0 aromatic heterocycles. The minimum Gasteiger partial charge on any atom is -0.497 e. The number of benzene rings is 1. The minimum absolute atomic E-state index is 0.298. The van der Waals surface area contributed by atoms with Gasteiger partial charge >= 0.3 is 0 Å². The van der Waals surface area contributed by atoms with Crippen LogP contribution in [0.1, 0.15) is 31.2 Å². The molecular formula is C13H18FNO2. The second-order valence-electron chi connectivity index (χ2n) is 4.73. The van der Waals surface area contributed by atoms with Gasteiger partial charge in [0.05, 0.1) is 13.2 Å². The van der Waals surface area contributed by atoms with Crippen molar-refractivity contribution in [3.05, 3.63) is 29.6 Å². The van der Waals surface area contributed by atoms with Crippen molar-refractivity contribution in [2.45, 2.75) is 37.3 Å². The van der Waals surface area contributed by atoms with Gasteiger partial charge in [-0.3, -0.25) is 0 Å².